The minimum atomic E-state index is -3.45. The first-order valence-corrected chi connectivity index (χ1v) is 11.7. The van der Waals surface area contributed by atoms with Crippen LogP contribution in [0.5, 0.6) is 0 Å². The maximum atomic E-state index is 13.3. The van der Waals surface area contributed by atoms with Crippen molar-refractivity contribution in [2.45, 2.75) is 30.3 Å². The molecule has 1 aliphatic carbocycles. The van der Waals surface area contributed by atoms with Gasteiger partial charge >= 0.3 is 0 Å². The van der Waals surface area contributed by atoms with Crippen LogP contribution in [-0.2, 0) is 9.84 Å². The normalized spacial score (nSPS) is 18.1. The number of amides is 1. The molecule has 32 heavy (non-hydrogen) atoms. The summed E-state index contributed by atoms with van der Waals surface area (Å²) in [6, 6.07) is 8.26. The van der Waals surface area contributed by atoms with Crippen LogP contribution in [0.15, 0.2) is 52.1 Å². The zero-order chi connectivity index (χ0) is 22.6. The summed E-state index contributed by atoms with van der Waals surface area (Å²) in [5.74, 6) is -0.225. The number of halogens is 1. The number of carbonyl (C=O) groups is 1. The minimum absolute atomic E-state index is 0.0781. The number of imidazole rings is 1. The van der Waals surface area contributed by atoms with Gasteiger partial charge in [0.15, 0.2) is 9.84 Å². The molecule has 0 bridgehead atoms. The van der Waals surface area contributed by atoms with E-state index in [-0.39, 0.29) is 22.4 Å². The maximum absolute atomic E-state index is 13.3. The third kappa shape index (κ3) is 3.64. The fourth-order valence-electron chi connectivity index (χ4n) is 3.35. The predicted molar refractivity (Wildman–Crippen MR) is 113 cm³/mol. The summed E-state index contributed by atoms with van der Waals surface area (Å²) in [7, 11) is -3.45. The Morgan fingerprint density at radius 2 is 2.06 bits per heavy atom. The summed E-state index contributed by atoms with van der Waals surface area (Å²) in [6.07, 6.45) is 3.29. The summed E-state index contributed by atoms with van der Waals surface area (Å²) >= 11 is 0. The molecule has 4 aromatic rings. The van der Waals surface area contributed by atoms with Crippen LogP contribution in [0.4, 0.5) is 10.1 Å². The van der Waals surface area contributed by atoms with Crippen LogP contribution in [0.2, 0.25) is 0 Å². The highest BCUT2D eigenvalue weighted by atomic mass is 32.2. The van der Waals surface area contributed by atoms with Gasteiger partial charge in [-0.25, -0.2) is 17.8 Å². The third-order valence-corrected chi connectivity index (χ3v) is 6.45. The third-order valence-electron chi connectivity index (χ3n) is 5.35. The number of sulfone groups is 1. The number of aromatic nitrogens is 4. The molecule has 0 saturated heterocycles. The SMILES string of the molecule is Cc1ccc(-c2noc([C@H]3C[C@@H]3F)n2)cc1NC(=O)c1cnc2ccc(S(C)(=O)=O)cn12. The number of benzene rings is 1. The van der Waals surface area contributed by atoms with Crippen molar-refractivity contribution in [1.82, 2.24) is 19.5 Å². The van der Waals surface area contributed by atoms with Crippen LogP contribution in [0.3, 0.4) is 0 Å². The molecule has 1 aliphatic rings. The van der Waals surface area contributed by atoms with Crippen molar-refractivity contribution in [1.29, 1.82) is 0 Å². The summed E-state index contributed by atoms with van der Waals surface area (Å²) in [5.41, 5.74) is 2.54. The van der Waals surface area contributed by atoms with Crippen molar-refractivity contribution < 1.29 is 22.1 Å². The van der Waals surface area contributed by atoms with Crippen molar-refractivity contribution in [3.05, 3.63) is 59.9 Å². The van der Waals surface area contributed by atoms with Gasteiger partial charge < -0.3 is 9.84 Å². The molecule has 1 fully saturated rings. The van der Waals surface area contributed by atoms with Crippen LogP contribution in [0.1, 0.15) is 34.3 Å². The number of fused-ring (bicyclic) bond motifs is 1. The molecule has 2 atom stereocenters. The first kappa shape index (κ1) is 20.3. The van der Waals surface area contributed by atoms with E-state index in [2.05, 4.69) is 20.4 Å². The standard InChI is InChI=1S/C21H18FN5O4S/c1-11-3-4-12(19-25-21(31-26-19)14-8-15(14)22)7-16(11)24-20(28)17-9-23-18-6-5-13(10-27(17)18)32(2,29)30/h3-7,9-10,14-15H,8H2,1-2H3,(H,24,28)/t14-,15-/m0/s1. The van der Waals surface area contributed by atoms with E-state index < -0.39 is 21.9 Å². The second-order valence-corrected chi connectivity index (χ2v) is 9.82. The predicted octanol–water partition coefficient (Wildman–Crippen LogP) is 3.17. The number of alkyl halides is 1. The van der Waals surface area contributed by atoms with Crippen LogP contribution >= 0.6 is 0 Å². The Kier molecular flexibility index (Phi) is 4.59. The highest BCUT2D eigenvalue weighted by molar-refractivity contribution is 7.90. The number of hydrogen-bond donors (Lipinski definition) is 1. The van der Waals surface area contributed by atoms with Crippen LogP contribution in [-0.4, -0.2) is 46.3 Å². The van der Waals surface area contributed by atoms with Crippen molar-refractivity contribution in [2.24, 2.45) is 0 Å². The van der Waals surface area contributed by atoms with Gasteiger partial charge in [0.25, 0.3) is 5.91 Å². The van der Waals surface area contributed by atoms with Gasteiger partial charge in [-0.3, -0.25) is 9.20 Å². The molecule has 164 valence electrons. The van der Waals surface area contributed by atoms with E-state index in [9.17, 15) is 17.6 Å². The molecular weight excluding hydrogens is 437 g/mol. The van der Waals surface area contributed by atoms with Crippen molar-refractivity contribution >= 4 is 27.1 Å². The van der Waals surface area contributed by atoms with E-state index in [1.807, 2.05) is 6.92 Å². The smallest absolute Gasteiger partial charge is 0.274 e. The van der Waals surface area contributed by atoms with E-state index >= 15 is 0 Å². The number of nitrogens with zero attached hydrogens (tertiary/aromatic N) is 4. The van der Waals surface area contributed by atoms with Gasteiger partial charge in [0, 0.05) is 23.7 Å². The Labute approximate surface area is 182 Å². The van der Waals surface area contributed by atoms with E-state index in [0.717, 1.165) is 11.8 Å². The molecule has 1 saturated carbocycles. The summed E-state index contributed by atoms with van der Waals surface area (Å²) in [6.45, 7) is 1.83. The number of pyridine rings is 1. The number of anilines is 1. The lowest BCUT2D eigenvalue weighted by atomic mass is 10.1. The average molecular weight is 455 g/mol. The van der Waals surface area contributed by atoms with Gasteiger partial charge in [0.1, 0.15) is 17.5 Å². The van der Waals surface area contributed by atoms with Crippen molar-refractivity contribution in [3.63, 3.8) is 0 Å². The number of nitrogens with one attached hydrogen (secondary N) is 1. The lowest BCUT2D eigenvalue weighted by Gasteiger charge is -2.10. The first-order valence-electron chi connectivity index (χ1n) is 9.78. The van der Waals surface area contributed by atoms with Gasteiger partial charge in [0.05, 0.1) is 17.0 Å². The van der Waals surface area contributed by atoms with Gasteiger partial charge in [-0.2, -0.15) is 4.98 Å². The zero-order valence-electron chi connectivity index (χ0n) is 17.1. The maximum Gasteiger partial charge on any atom is 0.274 e. The quantitative estimate of drug-likeness (QED) is 0.491. The number of carbonyl (C=O) groups excluding carboxylic acids is 1. The van der Waals surface area contributed by atoms with Gasteiger partial charge in [0.2, 0.25) is 11.7 Å². The van der Waals surface area contributed by atoms with E-state index in [4.69, 9.17) is 4.52 Å². The second kappa shape index (κ2) is 7.23. The summed E-state index contributed by atoms with van der Waals surface area (Å²) < 4.78 is 43.6. The summed E-state index contributed by atoms with van der Waals surface area (Å²) in [4.78, 5) is 21.5. The highest BCUT2D eigenvalue weighted by Crippen LogP contribution is 2.43. The molecule has 3 heterocycles. The molecule has 0 unspecified atom stereocenters. The molecular formula is C21H18FN5O4S. The van der Waals surface area contributed by atoms with Crippen LogP contribution in [0, 0.1) is 6.92 Å². The molecule has 1 amide bonds. The van der Waals surface area contributed by atoms with Crippen LogP contribution in [0.25, 0.3) is 17.0 Å². The van der Waals surface area contributed by atoms with E-state index in [1.54, 1.807) is 18.2 Å². The van der Waals surface area contributed by atoms with Crippen molar-refractivity contribution in [2.75, 3.05) is 11.6 Å². The zero-order valence-corrected chi connectivity index (χ0v) is 17.9. The first-order chi connectivity index (χ1) is 15.2. The lowest BCUT2D eigenvalue weighted by Crippen LogP contribution is -2.15. The molecule has 0 spiro atoms. The Bertz CT molecular complexity index is 1480. The van der Waals surface area contributed by atoms with Gasteiger partial charge in [-0.15, -0.1) is 0 Å². The van der Waals surface area contributed by atoms with Gasteiger partial charge in [-0.05, 0) is 37.1 Å². The van der Waals surface area contributed by atoms with Crippen LogP contribution < -0.4 is 5.32 Å². The molecule has 5 rings (SSSR count). The topological polar surface area (TPSA) is 119 Å². The highest BCUT2D eigenvalue weighted by Gasteiger charge is 2.43. The Balaban J connectivity index is 1.44. The average Bonchev–Trinajstić information content (AvgIpc) is 3.15. The summed E-state index contributed by atoms with van der Waals surface area (Å²) in [5, 5.41) is 6.75. The van der Waals surface area contributed by atoms with E-state index in [0.29, 0.717) is 29.1 Å². The minimum Gasteiger partial charge on any atom is -0.339 e. The largest absolute Gasteiger partial charge is 0.339 e. The molecule has 0 radical (unpaired) electrons. The molecule has 9 nitrogen and oxygen atoms in total. The molecule has 1 aromatic carbocycles. The van der Waals surface area contributed by atoms with Crippen molar-refractivity contribution in [3.8, 4) is 11.4 Å². The Morgan fingerprint density at radius 3 is 2.78 bits per heavy atom. The monoisotopic (exact) mass is 455 g/mol. The number of hydrogen-bond acceptors (Lipinski definition) is 7. The molecule has 0 aliphatic heterocycles. The lowest BCUT2D eigenvalue weighted by molar-refractivity contribution is 0.102. The number of rotatable bonds is 5. The fraction of sp³-hybridized carbons (Fsp3) is 0.238. The fourth-order valence-corrected chi connectivity index (χ4v) is 3.97. The number of aryl methyl sites for hydroxylation is 1. The molecule has 1 N–H and O–H groups in total. The van der Waals surface area contributed by atoms with E-state index in [1.165, 1.54) is 28.9 Å². The van der Waals surface area contributed by atoms with Gasteiger partial charge in [-0.1, -0.05) is 17.3 Å². The Morgan fingerprint density at radius 1 is 1.28 bits per heavy atom. The second-order valence-electron chi connectivity index (χ2n) is 7.81. The molecule has 3 aromatic heterocycles. The molecule has 11 heteroatoms. The Hall–Kier alpha value is -3.60.